The van der Waals surface area contributed by atoms with Crippen LogP contribution in [0, 0.1) is 0 Å². The standard InChI is InChI=1S/C11H19N3O2S/c1-4-14(8-11(2,3)16)7-9(15)13-10-12-5-6-17-10/h5-6,16H,4,7-8H2,1-3H3,(H,12,13,15). The molecule has 1 aromatic heterocycles. The maximum Gasteiger partial charge on any atom is 0.240 e. The average Bonchev–Trinajstić information content (AvgIpc) is 2.67. The number of hydrogen-bond donors (Lipinski definition) is 2. The Hall–Kier alpha value is -0.980. The Morgan fingerprint density at radius 3 is 2.82 bits per heavy atom. The molecule has 0 atom stereocenters. The number of rotatable bonds is 6. The number of anilines is 1. The maximum absolute atomic E-state index is 11.7. The van der Waals surface area contributed by atoms with Gasteiger partial charge >= 0.3 is 0 Å². The predicted octanol–water partition coefficient (Wildman–Crippen LogP) is 1.17. The molecule has 0 radical (unpaired) electrons. The van der Waals surface area contributed by atoms with E-state index in [4.69, 9.17) is 0 Å². The normalized spacial score (nSPS) is 11.8. The topological polar surface area (TPSA) is 65.5 Å². The SMILES string of the molecule is CCN(CC(=O)Nc1nccs1)CC(C)(C)O. The maximum atomic E-state index is 11.7. The Morgan fingerprint density at radius 1 is 1.65 bits per heavy atom. The van der Waals surface area contributed by atoms with Gasteiger partial charge < -0.3 is 10.4 Å². The number of amides is 1. The molecule has 0 saturated heterocycles. The molecule has 2 N–H and O–H groups in total. The summed E-state index contributed by atoms with van der Waals surface area (Å²) in [5, 5.41) is 14.8. The second kappa shape index (κ2) is 6.09. The molecule has 0 fully saturated rings. The van der Waals surface area contributed by atoms with Crippen LogP contribution in [0.2, 0.25) is 0 Å². The van der Waals surface area contributed by atoms with Crippen LogP contribution < -0.4 is 5.32 Å². The van der Waals surface area contributed by atoms with E-state index < -0.39 is 5.60 Å². The van der Waals surface area contributed by atoms with E-state index in [0.717, 1.165) is 6.54 Å². The lowest BCUT2D eigenvalue weighted by Crippen LogP contribution is -2.42. The minimum atomic E-state index is -0.794. The van der Waals surface area contributed by atoms with Crippen LogP contribution >= 0.6 is 11.3 Å². The first kappa shape index (κ1) is 14.1. The molecule has 0 bridgehead atoms. The van der Waals surface area contributed by atoms with Crippen molar-refractivity contribution in [1.82, 2.24) is 9.88 Å². The second-order valence-corrected chi connectivity index (χ2v) is 5.40. The molecule has 0 saturated carbocycles. The van der Waals surface area contributed by atoms with Crippen molar-refractivity contribution in [3.8, 4) is 0 Å². The number of likely N-dealkylation sites (N-methyl/N-ethyl adjacent to an activating group) is 1. The molecule has 0 aliphatic rings. The van der Waals surface area contributed by atoms with Gasteiger partial charge in [-0.05, 0) is 20.4 Å². The number of thiazole rings is 1. The third-order valence-corrected chi connectivity index (χ3v) is 2.79. The van der Waals surface area contributed by atoms with E-state index in [1.54, 1.807) is 20.0 Å². The van der Waals surface area contributed by atoms with E-state index in [0.29, 0.717) is 11.7 Å². The van der Waals surface area contributed by atoms with E-state index in [9.17, 15) is 9.90 Å². The summed E-state index contributed by atoms with van der Waals surface area (Å²) in [6.07, 6.45) is 1.65. The van der Waals surface area contributed by atoms with Crippen LogP contribution in [0.25, 0.3) is 0 Å². The molecule has 0 unspecified atom stereocenters. The molecule has 96 valence electrons. The number of carbonyl (C=O) groups is 1. The van der Waals surface area contributed by atoms with Gasteiger partial charge in [0.15, 0.2) is 5.13 Å². The minimum Gasteiger partial charge on any atom is -0.389 e. The largest absolute Gasteiger partial charge is 0.389 e. The molecule has 5 nitrogen and oxygen atoms in total. The lowest BCUT2D eigenvalue weighted by atomic mass is 10.1. The molecule has 1 amide bonds. The monoisotopic (exact) mass is 257 g/mol. The minimum absolute atomic E-state index is 0.106. The van der Waals surface area contributed by atoms with Gasteiger partial charge in [-0.2, -0.15) is 0 Å². The van der Waals surface area contributed by atoms with Crippen LogP contribution in [0.4, 0.5) is 5.13 Å². The van der Waals surface area contributed by atoms with Crippen LogP contribution in [-0.2, 0) is 4.79 Å². The molecule has 1 rings (SSSR count). The van der Waals surface area contributed by atoms with Crippen LogP contribution in [0.15, 0.2) is 11.6 Å². The van der Waals surface area contributed by atoms with Gasteiger partial charge in [0.05, 0.1) is 12.1 Å². The molecule has 6 heteroatoms. The molecule has 0 aliphatic heterocycles. The molecular formula is C11H19N3O2S. The fraction of sp³-hybridized carbons (Fsp3) is 0.636. The van der Waals surface area contributed by atoms with Crippen molar-refractivity contribution < 1.29 is 9.90 Å². The van der Waals surface area contributed by atoms with Crippen molar-refractivity contribution in [3.05, 3.63) is 11.6 Å². The van der Waals surface area contributed by atoms with Gasteiger partial charge in [0.2, 0.25) is 5.91 Å². The summed E-state index contributed by atoms with van der Waals surface area (Å²) >= 11 is 1.39. The van der Waals surface area contributed by atoms with Gasteiger partial charge in [-0.1, -0.05) is 6.92 Å². The van der Waals surface area contributed by atoms with Crippen molar-refractivity contribution in [2.75, 3.05) is 25.0 Å². The molecule has 1 heterocycles. The van der Waals surface area contributed by atoms with Crippen molar-refractivity contribution in [3.63, 3.8) is 0 Å². The van der Waals surface area contributed by atoms with E-state index in [1.165, 1.54) is 11.3 Å². The summed E-state index contributed by atoms with van der Waals surface area (Å²) in [5.74, 6) is -0.106. The molecule has 17 heavy (non-hydrogen) atoms. The molecule has 0 aromatic carbocycles. The fourth-order valence-electron chi connectivity index (χ4n) is 1.47. The van der Waals surface area contributed by atoms with Crippen LogP contribution in [-0.4, -0.2) is 46.1 Å². The van der Waals surface area contributed by atoms with Crippen LogP contribution in [0.1, 0.15) is 20.8 Å². The fourth-order valence-corrected chi connectivity index (χ4v) is 2.02. The van der Waals surface area contributed by atoms with E-state index in [2.05, 4.69) is 10.3 Å². The van der Waals surface area contributed by atoms with Gasteiger partial charge in [-0.25, -0.2) is 4.98 Å². The molecule has 1 aromatic rings. The van der Waals surface area contributed by atoms with Crippen molar-refractivity contribution in [2.24, 2.45) is 0 Å². The summed E-state index contributed by atoms with van der Waals surface area (Å²) in [5.41, 5.74) is -0.794. The van der Waals surface area contributed by atoms with E-state index >= 15 is 0 Å². The number of nitrogens with zero attached hydrogens (tertiary/aromatic N) is 2. The summed E-state index contributed by atoms with van der Waals surface area (Å²) in [6.45, 7) is 6.87. The highest BCUT2D eigenvalue weighted by Crippen LogP contribution is 2.10. The molecule has 0 aliphatic carbocycles. The highest BCUT2D eigenvalue weighted by molar-refractivity contribution is 7.13. The summed E-state index contributed by atoms with van der Waals surface area (Å²) in [4.78, 5) is 17.6. The van der Waals surface area contributed by atoms with Crippen molar-refractivity contribution >= 4 is 22.4 Å². The third kappa shape index (κ3) is 5.76. The van der Waals surface area contributed by atoms with Crippen LogP contribution in [0.5, 0.6) is 0 Å². The average molecular weight is 257 g/mol. The summed E-state index contributed by atoms with van der Waals surface area (Å²) < 4.78 is 0. The molecule has 0 spiro atoms. The Bertz CT molecular complexity index is 346. The summed E-state index contributed by atoms with van der Waals surface area (Å²) in [6, 6.07) is 0. The van der Waals surface area contributed by atoms with E-state index in [1.807, 2.05) is 17.2 Å². The van der Waals surface area contributed by atoms with Gasteiger partial charge in [0.25, 0.3) is 0 Å². The Morgan fingerprint density at radius 2 is 2.35 bits per heavy atom. The first-order valence-corrected chi connectivity index (χ1v) is 6.43. The molecular weight excluding hydrogens is 238 g/mol. The summed E-state index contributed by atoms with van der Waals surface area (Å²) in [7, 11) is 0. The van der Waals surface area contributed by atoms with Crippen LogP contribution in [0.3, 0.4) is 0 Å². The second-order valence-electron chi connectivity index (χ2n) is 4.50. The van der Waals surface area contributed by atoms with Crippen molar-refractivity contribution in [1.29, 1.82) is 0 Å². The third-order valence-electron chi connectivity index (χ3n) is 2.10. The Labute approximate surface area is 105 Å². The van der Waals surface area contributed by atoms with Crippen molar-refractivity contribution in [2.45, 2.75) is 26.4 Å². The quantitative estimate of drug-likeness (QED) is 0.803. The number of carbonyl (C=O) groups excluding carboxylic acids is 1. The van der Waals surface area contributed by atoms with Gasteiger partial charge in [0.1, 0.15) is 0 Å². The van der Waals surface area contributed by atoms with Gasteiger partial charge in [-0.15, -0.1) is 11.3 Å². The Balaban J connectivity index is 2.43. The smallest absolute Gasteiger partial charge is 0.240 e. The predicted molar refractivity (Wildman–Crippen MR) is 69.2 cm³/mol. The number of aliphatic hydroxyl groups is 1. The number of aromatic nitrogens is 1. The van der Waals surface area contributed by atoms with Gasteiger partial charge in [0, 0.05) is 18.1 Å². The highest BCUT2D eigenvalue weighted by atomic mass is 32.1. The number of hydrogen-bond acceptors (Lipinski definition) is 5. The first-order chi connectivity index (χ1) is 7.90. The van der Waals surface area contributed by atoms with E-state index in [-0.39, 0.29) is 12.5 Å². The zero-order valence-corrected chi connectivity index (χ0v) is 11.3. The zero-order valence-electron chi connectivity index (χ0n) is 10.4. The number of nitrogens with one attached hydrogen (secondary N) is 1. The lowest BCUT2D eigenvalue weighted by Gasteiger charge is -2.27. The zero-order chi connectivity index (χ0) is 12.9. The Kier molecular flexibility index (Phi) is 5.04. The highest BCUT2D eigenvalue weighted by Gasteiger charge is 2.19. The van der Waals surface area contributed by atoms with Gasteiger partial charge in [-0.3, -0.25) is 9.69 Å². The first-order valence-electron chi connectivity index (χ1n) is 5.55. The lowest BCUT2D eigenvalue weighted by molar-refractivity contribution is -0.117.